The molecule has 0 aliphatic carbocycles. The third-order valence-corrected chi connectivity index (χ3v) is 2.47. The van der Waals surface area contributed by atoms with Crippen LogP contribution in [0.2, 0.25) is 0 Å². The van der Waals surface area contributed by atoms with Crippen LogP contribution in [0.15, 0.2) is 22.7 Å². The van der Waals surface area contributed by atoms with Crippen LogP contribution in [0, 0.1) is 0 Å². The van der Waals surface area contributed by atoms with Crippen molar-refractivity contribution in [2.24, 2.45) is 0 Å². The number of carbonyl (C=O) groups is 1. The van der Waals surface area contributed by atoms with Gasteiger partial charge in [-0.15, -0.1) is 0 Å². The number of rotatable bonds is 5. The molecule has 0 aliphatic heterocycles. The molecule has 0 bridgehead atoms. The minimum absolute atomic E-state index is 0.00755. The van der Waals surface area contributed by atoms with Gasteiger partial charge in [0.15, 0.2) is 6.29 Å². The number of hydrogen-bond acceptors (Lipinski definition) is 3. The molecule has 0 amide bonds. The summed E-state index contributed by atoms with van der Waals surface area (Å²) in [4.78, 5) is 10.8. The molecule has 0 heterocycles. The van der Waals surface area contributed by atoms with Crippen molar-refractivity contribution >= 4 is 22.2 Å². The van der Waals surface area contributed by atoms with Crippen molar-refractivity contribution in [2.75, 3.05) is 13.7 Å². The fourth-order valence-corrected chi connectivity index (χ4v) is 1.40. The summed E-state index contributed by atoms with van der Waals surface area (Å²) < 4.78 is 11.4. The van der Waals surface area contributed by atoms with Crippen molar-refractivity contribution in [3.63, 3.8) is 0 Å². The zero-order valence-corrected chi connectivity index (χ0v) is 10.3. The molecule has 1 rings (SSSR count). The van der Waals surface area contributed by atoms with E-state index in [0.717, 1.165) is 10.8 Å². The molecule has 15 heavy (non-hydrogen) atoms. The molecule has 0 fully saturated rings. The fourth-order valence-electron chi connectivity index (χ4n) is 1.02. The Morgan fingerprint density at radius 3 is 2.87 bits per heavy atom. The van der Waals surface area contributed by atoms with Gasteiger partial charge in [0.2, 0.25) is 0 Å². The maximum Gasteiger partial charge on any atom is 0.153 e. The summed E-state index contributed by atoms with van der Waals surface area (Å²) in [6.45, 7) is 2.33. The van der Waals surface area contributed by atoms with Gasteiger partial charge in [0.25, 0.3) is 0 Å². The standard InChI is InChI=1S/C11H13BrO3/c1-8(14-2)7-15-11-4-3-10(12)5-9(11)6-13/h3-6,8H,7H2,1-2H3. The fraction of sp³-hybridized carbons (Fsp3) is 0.364. The van der Waals surface area contributed by atoms with E-state index >= 15 is 0 Å². The molecule has 1 atom stereocenters. The van der Waals surface area contributed by atoms with E-state index in [-0.39, 0.29) is 6.10 Å². The van der Waals surface area contributed by atoms with E-state index in [1.165, 1.54) is 0 Å². The van der Waals surface area contributed by atoms with Gasteiger partial charge < -0.3 is 9.47 Å². The molecule has 0 aliphatic rings. The van der Waals surface area contributed by atoms with Gasteiger partial charge in [-0.1, -0.05) is 15.9 Å². The predicted octanol–water partition coefficient (Wildman–Crippen LogP) is 2.68. The van der Waals surface area contributed by atoms with Gasteiger partial charge in [0.05, 0.1) is 11.7 Å². The third-order valence-electron chi connectivity index (χ3n) is 1.97. The van der Waals surface area contributed by atoms with Crippen molar-refractivity contribution in [1.82, 2.24) is 0 Å². The Labute approximate surface area is 97.5 Å². The minimum Gasteiger partial charge on any atom is -0.490 e. The van der Waals surface area contributed by atoms with Gasteiger partial charge in [-0.05, 0) is 25.1 Å². The summed E-state index contributed by atoms with van der Waals surface area (Å²) in [7, 11) is 1.62. The van der Waals surface area contributed by atoms with Crippen LogP contribution in [0.25, 0.3) is 0 Å². The summed E-state index contributed by atoms with van der Waals surface area (Å²) in [5.74, 6) is 0.581. The van der Waals surface area contributed by atoms with Crippen LogP contribution in [0.5, 0.6) is 5.75 Å². The number of hydrogen-bond donors (Lipinski definition) is 0. The van der Waals surface area contributed by atoms with Crippen molar-refractivity contribution in [3.8, 4) is 5.75 Å². The van der Waals surface area contributed by atoms with Crippen LogP contribution >= 0.6 is 15.9 Å². The first-order valence-corrected chi connectivity index (χ1v) is 5.37. The van der Waals surface area contributed by atoms with Crippen LogP contribution in [0.4, 0.5) is 0 Å². The first kappa shape index (κ1) is 12.2. The second-order valence-corrected chi connectivity index (χ2v) is 4.07. The molecular weight excluding hydrogens is 260 g/mol. The Kier molecular flexibility index (Phi) is 4.78. The number of aldehydes is 1. The monoisotopic (exact) mass is 272 g/mol. The SMILES string of the molecule is COC(C)COc1ccc(Br)cc1C=O. The highest BCUT2D eigenvalue weighted by atomic mass is 79.9. The highest BCUT2D eigenvalue weighted by Crippen LogP contribution is 2.21. The van der Waals surface area contributed by atoms with E-state index in [4.69, 9.17) is 9.47 Å². The topological polar surface area (TPSA) is 35.5 Å². The molecule has 4 heteroatoms. The average Bonchev–Trinajstić information content (AvgIpc) is 2.26. The molecule has 1 aromatic rings. The molecule has 0 radical (unpaired) electrons. The van der Waals surface area contributed by atoms with Gasteiger partial charge in [-0.25, -0.2) is 0 Å². The molecule has 0 saturated heterocycles. The van der Waals surface area contributed by atoms with Crippen molar-refractivity contribution in [3.05, 3.63) is 28.2 Å². The molecule has 1 aromatic carbocycles. The molecule has 0 spiro atoms. The van der Waals surface area contributed by atoms with Crippen molar-refractivity contribution in [2.45, 2.75) is 13.0 Å². The van der Waals surface area contributed by atoms with E-state index in [1.807, 2.05) is 13.0 Å². The number of halogens is 1. The van der Waals surface area contributed by atoms with Gasteiger partial charge in [0.1, 0.15) is 12.4 Å². The van der Waals surface area contributed by atoms with Gasteiger partial charge >= 0.3 is 0 Å². The van der Waals surface area contributed by atoms with E-state index in [2.05, 4.69) is 15.9 Å². The van der Waals surface area contributed by atoms with Crippen LogP contribution in [-0.2, 0) is 4.74 Å². The first-order valence-electron chi connectivity index (χ1n) is 4.57. The van der Waals surface area contributed by atoms with Gasteiger partial charge in [-0.2, -0.15) is 0 Å². The Balaban J connectivity index is 2.72. The Morgan fingerprint density at radius 1 is 1.53 bits per heavy atom. The summed E-state index contributed by atoms with van der Waals surface area (Å²) >= 11 is 3.29. The van der Waals surface area contributed by atoms with Gasteiger partial charge in [-0.3, -0.25) is 4.79 Å². The lowest BCUT2D eigenvalue weighted by molar-refractivity contribution is 0.0711. The number of methoxy groups -OCH3 is 1. The van der Waals surface area contributed by atoms with Crippen molar-refractivity contribution in [1.29, 1.82) is 0 Å². The largest absolute Gasteiger partial charge is 0.490 e. The van der Waals surface area contributed by atoms with Crippen molar-refractivity contribution < 1.29 is 14.3 Å². The average molecular weight is 273 g/mol. The van der Waals surface area contributed by atoms with Crippen LogP contribution in [0.1, 0.15) is 17.3 Å². The number of carbonyl (C=O) groups excluding carboxylic acids is 1. The van der Waals surface area contributed by atoms with E-state index < -0.39 is 0 Å². The smallest absolute Gasteiger partial charge is 0.153 e. The molecule has 0 aromatic heterocycles. The minimum atomic E-state index is 0.00755. The Morgan fingerprint density at radius 2 is 2.27 bits per heavy atom. The lowest BCUT2D eigenvalue weighted by Crippen LogP contribution is -2.16. The summed E-state index contributed by atoms with van der Waals surface area (Å²) in [5.41, 5.74) is 0.535. The maximum absolute atomic E-state index is 10.8. The summed E-state index contributed by atoms with van der Waals surface area (Å²) in [6, 6.07) is 5.32. The quantitative estimate of drug-likeness (QED) is 0.774. The van der Waals surface area contributed by atoms with Gasteiger partial charge in [0, 0.05) is 11.6 Å². The molecule has 1 unspecified atom stereocenters. The number of benzene rings is 1. The molecule has 0 saturated carbocycles. The Hall–Kier alpha value is -0.870. The second-order valence-electron chi connectivity index (χ2n) is 3.16. The van der Waals surface area contributed by atoms with E-state index in [9.17, 15) is 4.79 Å². The van der Waals surface area contributed by atoms with E-state index in [0.29, 0.717) is 17.9 Å². The summed E-state index contributed by atoms with van der Waals surface area (Å²) in [6.07, 6.45) is 0.783. The third kappa shape index (κ3) is 3.64. The molecular formula is C11H13BrO3. The second kappa shape index (κ2) is 5.88. The lowest BCUT2D eigenvalue weighted by Gasteiger charge is -2.12. The molecule has 82 valence electrons. The molecule has 3 nitrogen and oxygen atoms in total. The Bertz CT molecular complexity index is 339. The summed E-state index contributed by atoms with van der Waals surface area (Å²) in [5, 5.41) is 0. The maximum atomic E-state index is 10.8. The zero-order valence-electron chi connectivity index (χ0n) is 8.70. The lowest BCUT2D eigenvalue weighted by atomic mass is 10.2. The van der Waals surface area contributed by atoms with Crippen LogP contribution in [-0.4, -0.2) is 26.1 Å². The zero-order chi connectivity index (χ0) is 11.3. The first-order chi connectivity index (χ1) is 7.17. The van der Waals surface area contributed by atoms with Crippen LogP contribution in [0.3, 0.4) is 0 Å². The number of ether oxygens (including phenoxy) is 2. The predicted molar refractivity (Wildman–Crippen MR) is 61.5 cm³/mol. The highest BCUT2D eigenvalue weighted by Gasteiger charge is 2.06. The highest BCUT2D eigenvalue weighted by molar-refractivity contribution is 9.10. The van der Waals surface area contributed by atoms with E-state index in [1.54, 1.807) is 19.2 Å². The molecule has 0 N–H and O–H groups in total. The normalized spacial score (nSPS) is 12.2. The van der Waals surface area contributed by atoms with Crippen LogP contribution < -0.4 is 4.74 Å².